The highest BCUT2D eigenvalue weighted by Gasteiger charge is 2.18. The minimum absolute atomic E-state index is 0.0487. The van der Waals surface area contributed by atoms with Gasteiger partial charge in [0.25, 0.3) is 0 Å². The SMILES string of the molecule is CC(C)(C)CC(=O)Nc1cncc(-c2ccc3[nH]nc(-c4cc5c(-c6cc(F)cc(CNS(C)(=O)=O)c6)nccc5[nH]4)c3n2)c1. The third kappa shape index (κ3) is 6.89. The third-order valence-corrected chi connectivity index (χ3v) is 7.66. The van der Waals surface area contributed by atoms with Crippen LogP contribution in [0.25, 0.3) is 55.8 Å². The van der Waals surface area contributed by atoms with E-state index in [2.05, 4.69) is 35.2 Å². The maximum absolute atomic E-state index is 14.6. The number of rotatable bonds is 8. The molecule has 0 radical (unpaired) electrons. The Bertz CT molecular complexity index is 2180. The van der Waals surface area contributed by atoms with E-state index in [0.29, 0.717) is 51.5 Å². The van der Waals surface area contributed by atoms with Crippen molar-refractivity contribution in [1.82, 2.24) is 34.9 Å². The third-order valence-electron chi connectivity index (χ3n) is 6.99. The van der Waals surface area contributed by atoms with Crippen molar-refractivity contribution in [3.8, 4) is 33.9 Å². The van der Waals surface area contributed by atoms with E-state index in [1.165, 1.54) is 12.1 Å². The molecule has 0 saturated carbocycles. The molecular formula is C32H31FN8O3S. The van der Waals surface area contributed by atoms with Gasteiger partial charge in [-0.15, -0.1) is 0 Å². The van der Waals surface area contributed by atoms with Crippen LogP contribution in [0.3, 0.4) is 0 Å². The van der Waals surface area contributed by atoms with Crippen LogP contribution in [-0.4, -0.2) is 50.7 Å². The number of aromatic amines is 2. The van der Waals surface area contributed by atoms with Crippen molar-refractivity contribution in [3.05, 3.63) is 78.5 Å². The van der Waals surface area contributed by atoms with Crippen LogP contribution in [0.15, 0.2) is 67.1 Å². The number of hydrogen-bond donors (Lipinski definition) is 4. The lowest BCUT2D eigenvalue weighted by Crippen LogP contribution is -2.21. The van der Waals surface area contributed by atoms with Gasteiger partial charge in [0.2, 0.25) is 15.9 Å². The molecule has 1 aromatic carbocycles. The van der Waals surface area contributed by atoms with Crippen molar-refractivity contribution < 1.29 is 17.6 Å². The lowest BCUT2D eigenvalue weighted by Gasteiger charge is -2.17. The van der Waals surface area contributed by atoms with Gasteiger partial charge in [-0.25, -0.2) is 22.5 Å². The fourth-order valence-corrected chi connectivity index (χ4v) is 5.53. The summed E-state index contributed by atoms with van der Waals surface area (Å²) in [5.74, 6) is -0.593. The number of H-pyrrole nitrogens is 2. The summed E-state index contributed by atoms with van der Waals surface area (Å²) in [5.41, 5.74) is 6.67. The van der Waals surface area contributed by atoms with Gasteiger partial charge in [0.05, 0.1) is 40.7 Å². The zero-order valence-electron chi connectivity index (χ0n) is 25.1. The fraction of sp³-hybridized carbons (Fsp3) is 0.219. The molecule has 0 aliphatic rings. The number of anilines is 1. The van der Waals surface area contributed by atoms with Gasteiger partial charge < -0.3 is 10.3 Å². The Kier molecular flexibility index (Phi) is 7.67. The molecule has 11 nitrogen and oxygen atoms in total. The fourth-order valence-electron chi connectivity index (χ4n) is 5.10. The lowest BCUT2D eigenvalue weighted by atomic mass is 9.92. The maximum atomic E-state index is 14.6. The van der Waals surface area contributed by atoms with Crippen molar-refractivity contribution in [2.45, 2.75) is 33.7 Å². The molecular weight excluding hydrogens is 595 g/mol. The molecule has 0 bridgehead atoms. The van der Waals surface area contributed by atoms with E-state index in [1.54, 1.807) is 24.7 Å². The Labute approximate surface area is 258 Å². The molecule has 13 heteroatoms. The van der Waals surface area contributed by atoms with Crippen LogP contribution < -0.4 is 10.0 Å². The topological polar surface area (TPSA) is 158 Å². The van der Waals surface area contributed by atoms with E-state index in [0.717, 1.165) is 28.2 Å². The second-order valence-corrected chi connectivity index (χ2v) is 14.0. The lowest BCUT2D eigenvalue weighted by molar-refractivity contribution is -0.117. The van der Waals surface area contributed by atoms with Gasteiger partial charge in [0, 0.05) is 47.4 Å². The van der Waals surface area contributed by atoms with Gasteiger partial charge in [-0.1, -0.05) is 20.8 Å². The maximum Gasteiger partial charge on any atom is 0.224 e. The largest absolute Gasteiger partial charge is 0.353 e. The molecule has 230 valence electrons. The molecule has 0 fully saturated rings. The number of amides is 1. The molecule has 1 amide bonds. The van der Waals surface area contributed by atoms with Crippen molar-refractivity contribution >= 4 is 43.6 Å². The quantitative estimate of drug-likeness (QED) is 0.166. The van der Waals surface area contributed by atoms with Crippen LogP contribution in [0.2, 0.25) is 0 Å². The molecule has 0 aliphatic heterocycles. The number of carbonyl (C=O) groups is 1. The standard InChI is InChI=1S/C32H31FN8O3S/c1-32(2,3)14-28(42)37-22-12-20(16-34-17-22)24-5-6-26-30(39-24)31(41-40-26)27-13-23-25(38-27)7-8-35-29(23)19-9-18(10-21(33)11-19)15-36-45(4,43)44/h5-13,16-17,36,38H,14-15H2,1-4H3,(H,37,42)(H,40,41). The Morgan fingerprint density at radius 1 is 0.978 bits per heavy atom. The Morgan fingerprint density at radius 2 is 1.80 bits per heavy atom. The first-order valence-electron chi connectivity index (χ1n) is 14.1. The van der Waals surface area contributed by atoms with Crippen molar-refractivity contribution in [2.24, 2.45) is 5.41 Å². The number of hydrogen-bond acceptors (Lipinski definition) is 7. The first-order valence-corrected chi connectivity index (χ1v) is 16.0. The molecule has 0 aliphatic carbocycles. The Morgan fingerprint density at radius 3 is 2.58 bits per heavy atom. The summed E-state index contributed by atoms with van der Waals surface area (Å²) < 4.78 is 40.1. The van der Waals surface area contributed by atoms with Crippen molar-refractivity contribution in [2.75, 3.05) is 11.6 Å². The van der Waals surface area contributed by atoms with Crippen LogP contribution in [0, 0.1) is 11.2 Å². The van der Waals surface area contributed by atoms with Gasteiger partial charge in [-0.2, -0.15) is 5.10 Å². The van der Waals surface area contributed by atoms with Gasteiger partial charge in [0.1, 0.15) is 17.0 Å². The number of nitrogens with one attached hydrogen (secondary N) is 4. The van der Waals surface area contributed by atoms with E-state index >= 15 is 0 Å². The molecule has 5 aromatic heterocycles. The summed E-state index contributed by atoms with van der Waals surface area (Å²) in [6, 6.07) is 13.6. The molecule has 0 saturated heterocycles. The minimum atomic E-state index is -3.45. The van der Waals surface area contributed by atoms with Crippen LogP contribution in [0.1, 0.15) is 32.8 Å². The summed E-state index contributed by atoms with van der Waals surface area (Å²) >= 11 is 0. The molecule has 45 heavy (non-hydrogen) atoms. The first kappa shape index (κ1) is 30.0. The van der Waals surface area contributed by atoms with Crippen LogP contribution in [0.5, 0.6) is 0 Å². The zero-order valence-corrected chi connectivity index (χ0v) is 25.9. The molecule has 0 atom stereocenters. The van der Waals surface area contributed by atoms with Crippen molar-refractivity contribution in [3.63, 3.8) is 0 Å². The Hall–Kier alpha value is -5.01. The van der Waals surface area contributed by atoms with Gasteiger partial charge in [-0.05, 0) is 59.5 Å². The van der Waals surface area contributed by atoms with E-state index in [1.807, 2.05) is 51.1 Å². The number of pyridine rings is 3. The second kappa shape index (κ2) is 11.5. The number of aromatic nitrogens is 6. The predicted octanol–water partition coefficient (Wildman–Crippen LogP) is 5.79. The number of halogens is 1. The number of sulfonamides is 1. The molecule has 0 spiro atoms. The second-order valence-electron chi connectivity index (χ2n) is 12.2. The molecule has 0 unspecified atom stereocenters. The normalized spacial score (nSPS) is 12.2. The molecule has 5 heterocycles. The predicted molar refractivity (Wildman–Crippen MR) is 172 cm³/mol. The average Bonchev–Trinajstić information content (AvgIpc) is 3.58. The molecule has 6 aromatic rings. The van der Waals surface area contributed by atoms with E-state index in [4.69, 9.17) is 4.98 Å². The van der Waals surface area contributed by atoms with Gasteiger partial charge in [0.15, 0.2) is 0 Å². The van der Waals surface area contributed by atoms with E-state index in [9.17, 15) is 17.6 Å². The summed E-state index contributed by atoms with van der Waals surface area (Å²) in [5, 5.41) is 11.2. The number of carbonyl (C=O) groups excluding carboxylic acids is 1. The highest BCUT2D eigenvalue weighted by atomic mass is 32.2. The van der Waals surface area contributed by atoms with Crippen LogP contribution in [-0.2, 0) is 21.4 Å². The molecule has 6 rings (SSSR count). The minimum Gasteiger partial charge on any atom is -0.353 e. The smallest absolute Gasteiger partial charge is 0.224 e. The highest BCUT2D eigenvalue weighted by Crippen LogP contribution is 2.34. The number of nitrogens with zero attached hydrogens (tertiary/aromatic N) is 4. The van der Waals surface area contributed by atoms with Crippen LogP contribution in [0.4, 0.5) is 10.1 Å². The summed E-state index contributed by atoms with van der Waals surface area (Å²) in [6.07, 6.45) is 6.34. The van der Waals surface area contributed by atoms with Crippen molar-refractivity contribution in [1.29, 1.82) is 0 Å². The highest BCUT2D eigenvalue weighted by molar-refractivity contribution is 7.88. The zero-order chi connectivity index (χ0) is 31.9. The Balaban J connectivity index is 1.34. The number of benzene rings is 1. The number of fused-ring (bicyclic) bond motifs is 2. The summed E-state index contributed by atoms with van der Waals surface area (Å²) in [4.78, 5) is 29.6. The van der Waals surface area contributed by atoms with Gasteiger partial charge in [-0.3, -0.25) is 19.9 Å². The summed E-state index contributed by atoms with van der Waals surface area (Å²) in [7, 11) is -3.45. The summed E-state index contributed by atoms with van der Waals surface area (Å²) in [6.45, 7) is 5.97. The average molecular weight is 627 g/mol. The van der Waals surface area contributed by atoms with Crippen LogP contribution >= 0.6 is 0 Å². The van der Waals surface area contributed by atoms with E-state index < -0.39 is 15.8 Å². The monoisotopic (exact) mass is 626 g/mol. The first-order chi connectivity index (χ1) is 21.3. The molecule has 4 N–H and O–H groups in total. The van der Waals surface area contributed by atoms with E-state index in [-0.39, 0.29) is 17.9 Å². The van der Waals surface area contributed by atoms with Gasteiger partial charge >= 0.3 is 0 Å².